The van der Waals surface area contributed by atoms with E-state index in [9.17, 15) is 34.8 Å². The van der Waals surface area contributed by atoms with Gasteiger partial charge < -0.3 is 35.8 Å². The highest BCUT2D eigenvalue weighted by Crippen LogP contribution is 2.24. The molecule has 4 rings (SSSR count). The van der Waals surface area contributed by atoms with E-state index in [-0.39, 0.29) is 12.5 Å². The van der Waals surface area contributed by atoms with Gasteiger partial charge in [-0.25, -0.2) is 9.48 Å². The van der Waals surface area contributed by atoms with E-state index in [2.05, 4.69) is 20.9 Å². The third-order valence-corrected chi connectivity index (χ3v) is 6.01. The van der Waals surface area contributed by atoms with Crippen molar-refractivity contribution in [2.45, 2.75) is 43.9 Å². The fraction of sp³-hybridized carbons (Fsp3) is 0.269. The fourth-order valence-electron chi connectivity index (χ4n) is 4.07. The molecule has 2 heterocycles. The van der Waals surface area contributed by atoms with E-state index in [0.717, 1.165) is 6.08 Å². The van der Waals surface area contributed by atoms with Crippen LogP contribution in [0.2, 0.25) is 0 Å². The summed E-state index contributed by atoms with van der Waals surface area (Å²) < 4.78 is 6.57. The van der Waals surface area contributed by atoms with Gasteiger partial charge in [-0.1, -0.05) is 35.5 Å². The molecule has 3 aromatic rings. The molecule has 1 aliphatic rings. The van der Waals surface area contributed by atoms with E-state index in [4.69, 9.17) is 4.74 Å². The smallest absolute Gasteiger partial charge is 0.370 e. The van der Waals surface area contributed by atoms with Crippen molar-refractivity contribution >= 4 is 23.5 Å². The van der Waals surface area contributed by atoms with Crippen molar-refractivity contribution < 1.29 is 39.5 Å². The van der Waals surface area contributed by atoms with Crippen molar-refractivity contribution in [3.05, 3.63) is 78.2 Å². The van der Waals surface area contributed by atoms with Crippen molar-refractivity contribution in [1.29, 1.82) is 0 Å². The van der Waals surface area contributed by atoms with E-state index in [1.807, 2.05) is 6.07 Å². The van der Waals surface area contributed by atoms with Gasteiger partial charge in [0.15, 0.2) is 6.10 Å². The van der Waals surface area contributed by atoms with Crippen LogP contribution >= 0.6 is 0 Å². The van der Waals surface area contributed by atoms with Crippen LogP contribution in [0.4, 0.5) is 5.69 Å². The van der Waals surface area contributed by atoms with Gasteiger partial charge in [0.25, 0.3) is 5.91 Å². The number of nitrogens with one attached hydrogen (secondary N) is 2. The molecule has 13 heteroatoms. The number of carbonyl (C=O) groups is 3. The number of aliphatic hydroxyl groups excluding tert-OH is 3. The Bertz CT molecular complexity index is 1360. The second kappa shape index (κ2) is 11.9. The molecule has 6 N–H and O–H groups in total. The van der Waals surface area contributed by atoms with Gasteiger partial charge in [0.1, 0.15) is 24.0 Å². The van der Waals surface area contributed by atoms with Gasteiger partial charge in [-0.2, -0.15) is 0 Å². The maximum atomic E-state index is 12.3. The number of hydrogen-bond acceptors (Lipinski definition) is 9. The predicted octanol–water partition coefficient (Wildman–Crippen LogP) is 0.152. The molecule has 0 spiro atoms. The molecule has 13 nitrogen and oxygen atoms in total. The fourth-order valence-corrected chi connectivity index (χ4v) is 4.07. The number of carbonyl (C=O) groups excluding carboxylic acids is 2. The highest BCUT2D eigenvalue weighted by molar-refractivity contribution is 6.04. The molecule has 0 radical (unpaired) electrons. The second-order valence-electron chi connectivity index (χ2n) is 8.92. The summed E-state index contributed by atoms with van der Waals surface area (Å²) in [6, 6.07) is 14.4. The number of aliphatic hydroxyl groups is 3. The highest BCUT2D eigenvalue weighted by atomic mass is 16.5. The first kappa shape index (κ1) is 27.4. The summed E-state index contributed by atoms with van der Waals surface area (Å²) in [4.78, 5) is 35.3. The third kappa shape index (κ3) is 6.65. The van der Waals surface area contributed by atoms with Crippen LogP contribution < -0.4 is 10.6 Å². The average Bonchev–Trinajstić information content (AvgIpc) is 3.38. The van der Waals surface area contributed by atoms with Gasteiger partial charge in [-0.3, -0.25) is 9.59 Å². The molecular weight excluding hydrogens is 510 g/mol. The Labute approximate surface area is 222 Å². The Kier molecular flexibility index (Phi) is 8.34. The summed E-state index contributed by atoms with van der Waals surface area (Å²) in [5.74, 6) is -2.89. The number of benzene rings is 2. The predicted molar refractivity (Wildman–Crippen MR) is 136 cm³/mol. The van der Waals surface area contributed by atoms with E-state index in [0.29, 0.717) is 22.5 Å². The van der Waals surface area contributed by atoms with Crippen LogP contribution in [0.15, 0.2) is 72.6 Å². The van der Waals surface area contributed by atoms with E-state index in [1.165, 1.54) is 17.8 Å². The molecule has 2 aromatic carbocycles. The minimum atomic E-state index is -1.71. The standard InChI is InChI=1S/C26H27N5O8/c1-14(32)27-22-19(33)11-21(26(37)38)39-24(22)23(35)20(34)13-31-12-18(29-30-31)15-7-9-17(10-8-15)28-25(36)16-5-3-2-4-6-16/h2-12,19-20,22-24,33-35H,13H2,1H3,(H,27,32)(H,28,36)(H,37,38)/t19-,20+,22+,23+,24+/m0/s1. The first-order valence-electron chi connectivity index (χ1n) is 11.9. The number of hydrogen-bond donors (Lipinski definition) is 6. The summed E-state index contributed by atoms with van der Waals surface area (Å²) in [5, 5.41) is 54.2. The van der Waals surface area contributed by atoms with Crippen molar-refractivity contribution in [3.63, 3.8) is 0 Å². The van der Waals surface area contributed by atoms with Gasteiger partial charge in [0, 0.05) is 23.7 Å². The Morgan fingerprint density at radius 3 is 2.41 bits per heavy atom. The Morgan fingerprint density at radius 2 is 1.77 bits per heavy atom. The van der Waals surface area contributed by atoms with Crippen LogP contribution in [0, 0.1) is 0 Å². The summed E-state index contributed by atoms with van der Waals surface area (Å²) in [6.45, 7) is 0.929. The monoisotopic (exact) mass is 537 g/mol. The summed E-state index contributed by atoms with van der Waals surface area (Å²) >= 11 is 0. The lowest BCUT2D eigenvalue weighted by atomic mass is 9.93. The van der Waals surface area contributed by atoms with Gasteiger partial charge in [0.2, 0.25) is 11.7 Å². The average molecular weight is 538 g/mol. The molecule has 2 amide bonds. The zero-order valence-electron chi connectivity index (χ0n) is 20.7. The minimum Gasteiger partial charge on any atom is -0.478 e. The van der Waals surface area contributed by atoms with Gasteiger partial charge in [-0.05, 0) is 30.3 Å². The maximum absolute atomic E-state index is 12.3. The summed E-state index contributed by atoms with van der Waals surface area (Å²) in [6.07, 6.45) is -3.74. The van der Waals surface area contributed by atoms with Crippen LogP contribution in [-0.4, -0.2) is 83.7 Å². The van der Waals surface area contributed by atoms with Gasteiger partial charge in [-0.15, -0.1) is 5.10 Å². The van der Waals surface area contributed by atoms with Crippen molar-refractivity contribution in [2.75, 3.05) is 5.32 Å². The largest absolute Gasteiger partial charge is 0.478 e. The molecule has 0 saturated heterocycles. The number of aliphatic carboxylic acids is 1. The first-order chi connectivity index (χ1) is 18.6. The van der Waals surface area contributed by atoms with Crippen LogP contribution in [0.25, 0.3) is 11.3 Å². The van der Waals surface area contributed by atoms with Crippen LogP contribution in [-0.2, 0) is 20.9 Å². The highest BCUT2D eigenvalue weighted by Gasteiger charge is 2.43. The number of rotatable bonds is 9. The molecule has 1 aromatic heterocycles. The number of ether oxygens (including phenoxy) is 1. The molecule has 5 atom stereocenters. The SMILES string of the molecule is CC(=O)N[C@H]1[C@H]([C@H](O)[C@H](O)Cn2cc(-c3ccc(NC(=O)c4ccccc4)cc3)nn2)OC(C(=O)O)=C[C@@H]1O. The maximum Gasteiger partial charge on any atom is 0.370 e. The zero-order chi connectivity index (χ0) is 28.1. The van der Waals surface area contributed by atoms with E-state index < -0.39 is 48.1 Å². The van der Waals surface area contributed by atoms with E-state index in [1.54, 1.807) is 48.5 Å². The summed E-state index contributed by atoms with van der Waals surface area (Å²) in [7, 11) is 0. The number of aromatic nitrogens is 3. The molecule has 0 aliphatic carbocycles. The van der Waals surface area contributed by atoms with Crippen molar-refractivity contribution in [2.24, 2.45) is 0 Å². The molecule has 39 heavy (non-hydrogen) atoms. The van der Waals surface area contributed by atoms with Crippen molar-refractivity contribution in [1.82, 2.24) is 20.3 Å². The molecule has 0 saturated carbocycles. The van der Waals surface area contributed by atoms with Crippen LogP contribution in [0.5, 0.6) is 0 Å². The van der Waals surface area contributed by atoms with Gasteiger partial charge in [0.05, 0.1) is 18.8 Å². The molecule has 0 unspecified atom stereocenters. The normalized spacial score (nSPS) is 20.2. The summed E-state index contributed by atoms with van der Waals surface area (Å²) in [5.41, 5.74) is 2.23. The molecule has 0 fully saturated rings. The number of nitrogens with zero attached hydrogens (tertiary/aromatic N) is 3. The molecule has 1 aliphatic heterocycles. The molecule has 0 bridgehead atoms. The second-order valence-corrected chi connectivity index (χ2v) is 8.92. The lowest BCUT2D eigenvalue weighted by molar-refractivity contribution is -0.148. The number of anilines is 1. The number of carboxylic acid groups (broad SMARTS) is 1. The molecule has 204 valence electrons. The Morgan fingerprint density at radius 1 is 1.08 bits per heavy atom. The van der Waals surface area contributed by atoms with E-state index >= 15 is 0 Å². The lowest BCUT2D eigenvalue weighted by Gasteiger charge is -2.38. The Hall–Kier alpha value is -4.59. The quantitative estimate of drug-likeness (QED) is 0.219. The minimum absolute atomic E-state index is 0.247. The van der Waals surface area contributed by atoms with Crippen molar-refractivity contribution in [3.8, 4) is 11.3 Å². The zero-order valence-corrected chi connectivity index (χ0v) is 20.7. The molecular formula is C26H27N5O8. The van der Waals surface area contributed by atoms with Crippen LogP contribution in [0.1, 0.15) is 17.3 Å². The first-order valence-corrected chi connectivity index (χ1v) is 11.9. The lowest BCUT2D eigenvalue weighted by Crippen LogP contribution is -2.59. The number of amides is 2. The number of carboxylic acids is 1. The topological polar surface area (TPSA) is 196 Å². The third-order valence-electron chi connectivity index (χ3n) is 6.01. The Balaban J connectivity index is 1.41. The van der Waals surface area contributed by atoms with Crippen LogP contribution in [0.3, 0.4) is 0 Å². The van der Waals surface area contributed by atoms with Gasteiger partial charge >= 0.3 is 5.97 Å².